The van der Waals surface area contributed by atoms with Crippen molar-refractivity contribution in [2.24, 2.45) is 11.8 Å². The lowest BCUT2D eigenvalue weighted by Gasteiger charge is -2.36. The summed E-state index contributed by atoms with van der Waals surface area (Å²) in [6.07, 6.45) is 5.29. The van der Waals surface area contributed by atoms with Crippen LogP contribution in [0.3, 0.4) is 0 Å². The van der Waals surface area contributed by atoms with Gasteiger partial charge >= 0.3 is 0 Å². The number of methoxy groups -OCH3 is 1. The SMILES string of the molecule is COc1ccc(CNC(=O)C2CCN(c3c(C(=O)N4CCC(C)CC4)cnc4snc(C)c34)CC2)cc1. The summed E-state index contributed by atoms with van der Waals surface area (Å²) in [5.74, 6) is 1.55. The van der Waals surface area contributed by atoms with Crippen molar-refractivity contribution in [1.82, 2.24) is 19.6 Å². The molecule has 2 aliphatic rings. The van der Waals surface area contributed by atoms with Crippen molar-refractivity contribution in [3.05, 3.63) is 47.3 Å². The molecule has 0 radical (unpaired) electrons. The van der Waals surface area contributed by atoms with E-state index in [4.69, 9.17) is 4.74 Å². The number of anilines is 1. The number of rotatable bonds is 6. The Morgan fingerprint density at radius 2 is 1.78 bits per heavy atom. The number of benzene rings is 1. The molecule has 2 amide bonds. The number of nitrogens with one attached hydrogen (secondary N) is 1. The Morgan fingerprint density at radius 1 is 1.08 bits per heavy atom. The summed E-state index contributed by atoms with van der Waals surface area (Å²) in [6.45, 7) is 7.74. The van der Waals surface area contributed by atoms with E-state index in [2.05, 4.69) is 26.5 Å². The van der Waals surface area contributed by atoms with Gasteiger partial charge in [0, 0.05) is 44.8 Å². The number of aromatic nitrogens is 2. The third-order valence-electron chi connectivity index (χ3n) is 7.76. The zero-order valence-electron chi connectivity index (χ0n) is 21.8. The highest BCUT2D eigenvalue weighted by Crippen LogP contribution is 2.37. The van der Waals surface area contributed by atoms with Crippen LogP contribution in [0.15, 0.2) is 30.5 Å². The molecule has 0 aliphatic carbocycles. The average molecular weight is 522 g/mol. The number of fused-ring (bicyclic) bond motifs is 1. The van der Waals surface area contributed by atoms with Crippen LogP contribution in [0, 0.1) is 18.8 Å². The molecular formula is C28H35N5O3S. The number of aryl methyl sites for hydroxylation is 1. The molecule has 5 rings (SSSR count). The van der Waals surface area contributed by atoms with E-state index < -0.39 is 0 Å². The first-order valence-corrected chi connectivity index (χ1v) is 13.9. The Labute approximate surface area is 222 Å². The first-order chi connectivity index (χ1) is 17.9. The van der Waals surface area contributed by atoms with Crippen LogP contribution < -0.4 is 15.0 Å². The first kappa shape index (κ1) is 25.4. The Balaban J connectivity index is 1.29. The van der Waals surface area contributed by atoms with Crippen LogP contribution in [0.4, 0.5) is 5.69 Å². The topological polar surface area (TPSA) is 87.7 Å². The second kappa shape index (κ2) is 11.0. The van der Waals surface area contributed by atoms with Gasteiger partial charge in [-0.1, -0.05) is 19.1 Å². The number of ether oxygens (including phenoxy) is 1. The van der Waals surface area contributed by atoms with E-state index in [1.807, 2.05) is 36.1 Å². The quantitative estimate of drug-likeness (QED) is 0.517. The van der Waals surface area contributed by atoms with Crippen LogP contribution in [-0.2, 0) is 11.3 Å². The molecule has 2 saturated heterocycles. The fraction of sp³-hybridized carbons (Fsp3) is 0.500. The smallest absolute Gasteiger partial charge is 0.257 e. The highest BCUT2D eigenvalue weighted by Gasteiger charge is 2.31. The Kier molecular flexibility index (Phi) is 7.60. The summed E-state index contributed by atoms with van der Waals surface area (Å²) < 4.78 is 9.74. The maximum atomic E-state index is 13.6. The molecule has 196 valence electrons. The van der Waals surface area contributed by atoms with Gasteiger partial charge in [0.2, 0.25) is 5.91 Å². The van der Waals surface area contributed by atoms with Gasteiger partial charge in [0.1, 0.15) is 10.6 Å². The van der Waals surface area contributed by atoms with Gasteiger partial charge in [0.25, 0.3) is 5.91 Å². The van der Waals surface area contributed by atoms with Gasteiger partial charge in [-0.2, -0.15) is 4.37 Å². The maximum absolute atomic E-state index is 13.6. The number of nitrogens with zero attached hydrogens (tertiary/aromatic N) is 4. The van der Waals surface area contributed by atoms with Gasteiger partial charge in [0.05, 0.1) is 29.4 Å². The average Bonchev–Trinajstić information content (AvgIpc) is 3.32. The predicted octanol–water partition coefficient (Wildman–Crippen LogP) is 4.41. The van der Waals surface area contributed by atoms with Gasteiger partial charge in [0.15, 0.2) is 0 Å². The van der Waals surface area contributed by atoms with Crippen molar-refractivity contribution < 1.29 is 14.3 Å². The minimum Gasteiger partial charge on any atom is -0.497 e. The molecule has 2 fully saturated rings. The molecule has 4 heterocycles. The van der Waals surface area contributed by atoms with Crippen LogP contribution >= 0.6 is 11.5 Å². The lowest BCUT2D eigenvalue weighted by Crippen LogP contribution is -2.42. The molecule has 2 aliphatic heterocycles. The molecule has 9 heteroatoms. The zero-order chi connectivity index (χ0) is 25.9. The number of carbonyl (C=O) groups excluding carboxylic acids is 2. The summed E-state index contributed by atoms with van der Waals surface area (Å²) in [7, 11) is 1.64. The molecule has 8 nitrogen and oxygen atoms in total. The summed E-state index contributed by atoms with van der Waals surface area (Å²) in [6, 6.07) is 7.74. The molecule has 0 saturated carbocycles. The van der Waals surface area contributed by atoms with Gasteiger partial charge in [-0.3, -0.25) is 9.59 Å². The van der Waals surface area contributed by atoms with E-state index in [1.165, 1.54) is 11.5 Å². The normalized spacial score (nSPS) is 17.3. The summed E-state index contributed by atoms with van der Waals surface area (Å²) in [5.41, 5.74) is 3.55. The molecular weight excluding hydrogens is 486 g/mol. The van der Waals surface area contributed by atoms with Gasteiger partial charge in [-0.05, 0) is 67.8 Å². The third kappa shape index (κ3) is 5.42. The van der Waals surface area contributed by atoms with Crippen LogP contribution in [0.1, 0.15) is 54.2 Å². The number of likely N-dealkylation sites (tertiary alicyclic amines) is 1. The summed E-state index contributed by atoms with van der Waals surface area (Å²) >= 11 is 1.38. The van der Waals surface area contributed by atoms with Crippen LogP contribution in [0.25, 0.3) is 10.2 Å². The molecule has 0 bridgehead atoms. The van der Waals surface area contributed by atoms with E-state index in [0.717, 1.165) is 71.7 Å². The molecule has 2 aromatic heterocycles. The van der Waals surface area contributed by atoms with E-state index in [9.17, 15) is 9.59 Å². The van der Waals surface area contributed by atoms with Crippen LogP contribution in [0.2, 0.25) is 0 Å². The minimum absolute atomic E-state index is 0.0451. The van der Waals surface area contributed by atoms with Crippen molar-refractivity contribution in [3.63, 3.8) is 0 Å². The highest BCUT2D eigenvalue weighted by atomic mass is 32.1. The summed E-state index contributed by atoms with van der Waals surface area (Å²) in [5, 5.41) is 4.07. The largest absolute Gasteiger partial charge is 0.497 e. The predicted molar refractivity (Wildman–Crippen MR) is 146 cm³/mol. The van der Waals surface area contributed by atoms with Gasteiger partial charge in [-0.25, -0.2) is 4.98 Å². The van der Waals surface area contributed by atoms with E-state index in [-0.39, 0.29) is 17.7 Å². The van der Waals surface area contributed by atoms with Crippen molar-refractivity contribution in [2.45, 2.75) is 46.1 Å². The van der Waals surface area contributed by atoms with Crippen molar-refractivity contribution >= 4 is 39.3 Å². The number of carbonyl (C=O) groups is 2. The minimum atomic E-state index is -0.0451. The number of pyridine rings is 1. The number of amides is 2. The second-order valence-corrected chi connectivity index (χ2v) is 11.0. The Bertz CT molecular complexity index is 1260. The van der Waals surface area contributed by atoms with Crippen molar-refractivity contribution in [1.29, 1.82) is 0 Å². The van der Waals surface area contributed by atoms with Crippen molar-refractivity contribution in [3.8, 4) is 5.75 Å². The van der Waals surface area contributed by atoms with Crippen molar-refractivity contribution in [2.75, 3.05) is 38.2 Å². The molecule has 37 heavy (non-hydrogen) atoms. The second-order valence-electron chi connectivity index (χ2n) is 10.3. The zero-order valence-corrected chi connectivity index (χ0v) is 22.6. The lowest BCUT2D eigenvalue weighted by atomic mass is 9.94. The Hall–Kier alpha value is -3.20. The maximum Gasteiger partial charge on any atom is 0.257 e. The van der Waals surface area contributed by atoms with E-state index in [1.54, 1.807) is 13.3 Å². The molecule has 1 aromatic carbocycles. The van der Waals surface area contributed by atoms with Gasteiger partial charge in [-0.15, -0.1) is 0 Å². The fourth-order valence-electron chi connectivity index (χ4n) is 5.35. The lowest BCUT2D eigenvalue weighted by molar-refractivity contribution is -0.125. The first-order valence-electron chi connectivity index (χ1n) is 13.1. The third-order valence-corrected chi connectivity index (χ3v) is 8.60. The van der Waals surface area contributed by atoms with E-state index in [0.29, 0.717) is 31.1 Å². The highest BCUT2D eigenvalue weighted by molar-refractivity contribution is 7.13. The molecule has 0 unspecified atom stereocenters. The molecule has 3 aromatic rings. The monoisotopic (exact) mass is 521 g/mol. The van der Waals surface area contributed by atoms with Gasteiger partial charge < -0.3 is 19.9 Å². The van der Waals surface area contributed by atoms with E-state index >= 15 is 0 Å². The Morgan fingerprint density at radius 3 is 2.46 bits per heavy atom. The number of piperidine rings is 2. The number of hydrogen-bond donors (Lipinski definition) is 1. The number of hydrogen-bond acceptors (Lipinski definition) is 7. The molecule has 0 spiro atoms. The summed E-state index contributed by atoms with van der Waals surface area (Å²) in [4.78, 5) is 36.3. The molecule has 1 N–H and O–H groups in total. The molecule has 0 atom stereocenters. The van der Waals surface area contributed by atoms with Crippen LogP contribution in [0.5, 0.6) is 5.75 Å². The fourth-order valence-corrected chi connectivity index (χ4v) is 6.10. The van der Waals surface area contributed by atoms with Crippen LogP contribution in [-0.4, -0.2) is 59.4 Å². The standard InChI is InChI=1S/C28H35N5O3S/c1-18-8-12-33(13-9-18)28(35)23-17-30-27-24(19(2)31-37-27)25(23)32-14-10-21(11-15-32)26(34)29-16-20-4-6-22(36-3)7-5-20/h4-7,17-18,21H,8-16H2,1-3H3,(H,29,34).